The van der Waals surface area contributed by atoms with E-state index in [0.29, 0.717) is 12.5 Å². The number of hydrogen-bond donors (Lipinski definition) is 1. The van der Waals surface area contributed by atoms with E-state index >= 15 is 0 Å². The number of anilines is 2. The van der Waals surface area contributed by atoms with E-state index in [1.54, 1.807) is 0 Å². The van der Waals surface area contributed by atoms with Crippen LogP contribution >= 0.6 is 0 Å². The topological polar surface area (TPSA) is 35.6 Å². The van der Waals surface area contributed by atoms with Gasteiger partial charge in [-0.15, -0.1) is 0 Å². The quantitative estimate of drug-likeness (QED) is 0.928. The predicted molar refractivity (Wildman–Crippen MR) is 91.4 cm³/mol. The molecule has 2 saturated heterocycles. The fourth-order valence-electron chi connectivity index (χ4n) is 3.57. The van der Waals surface area contributed by atoms with Crippen LogP contribution in [0.2, 0.25) is 0 Å². The summed E-state index contributed by atoms with van der Waals surface area (Å²) in [5, 5.41) is 3.04. The van der Waals surface area contributed by atoms with Crippen molar-refractivity contribution in [2.75, 3.05) is 36.9 Å². The first-order valence-electron chi connectivity index (χ1n) is 8.57. The summed E-state index contributed by atoms with van der Waals surface area (Å²) in [6, 6.07) is 8.72. The van der Waals surface area contributed by atoms with Crippen molar-refractivity contribution in [3.05, 3.63) is 24.3 Å². The number of carbonyl (C=O) groups excluding carboxylic acids is 1. The molecule has 4 nitrogen and oxygen atoms in total. The summed E-state index contributed by atoms with van der Waals surface area (Å²) < 4.78 is 0. The maximum atomic E-state index is 12.2. The fourth-order valence-corrected chi connectivity index (χ4v) is 3.57. The average molecular weight is 301 g/mol. The van der Waals surface area contributed by atoms with Crippen molar-refractivity contribution < 1.29 is 4.79 Å². The van der Waals surface area contributed by atoms with Crippen LogP contribution in [0.4, 0.5) is 11.4 Å². The Hall–Kier alpha value is -1.55. The number of nitrogens with one attached hydrogen (secondary N) is 1. The lowest BCUT2D eigenvalue weighted by atomic mass is 10.1. The molecular formula is C18H27N3O. The van der Waals surface area contributed by atoms with Gasteiger partial charge in [0.25, 0.3) is 0 Å². The molecule has 2 heterocycles. The van der Waals surface area contributed by atoms with Gasteiger partial charge in [0, 0.05) is 36.9 Å². The Kier molecular flexibility index (Phi) is 4.98. The van der Waals surface area contributed by atoms with Crippen molar-refractivity contribution in [2.45, 2.75) is 44.6 Å². The van der Waals surface area contributed by atoms with Gasteiger partial charge in [-0.3, -0.25) is 4.79 Å². The molecule has 0 aromatic heterocycles. The van der Waals surface area contributed by atoms with Gasteiger partial charge in [-0.05, 0) is 70.0 Å². The summed E-state index contributed by atoms with van der Waals surface area (Å²) in [7, 11) is 2.11. The van der Waals surface area contributed by atoms with Gasteiger partial charge in [-0.25, -0.2) is 0 Å². The number of nitrogens with zero attached hydrogens (tertiary/aromatic N) is 2. The van der Waals surface area contributed by atoms with Crippen LogP contribution in [0.15, 0.2) is 24.3 Å². The van der Waals surface area contributed by atoms with E-state index < -0.39 is 0 Å². The molecular weight excluding hydrogens is 274 g/mol. The first kappa shape index (κ1) is 15.3. The van der Waals surface area contributed by atoms with E-state index in [1.165, 1.54) is 31.4 Å². The van der Waals surface area contributed by atoms with Crippen molar-refractivity contribution in [3.63, 3.8) is 0 Å². The first-order chi connectivity index (χ1) is 10.7. The maximum Gasteiger partial charge on any atom is 0.225 e. The summed E-state index contributed by atoms with van der Waals surface area (Å²) in [6.07, 6.45) is 6.86. The van der Waals surface area contributed by atoms with Gasteiger partial charge in [-0.2, -0.15) is 0 Å². The van der Waals surface area contributed by atoms with Gasteiger partial charge in [0.15, 0.2) is 0 Å². The van der Waals surface area contributed by atoms with Gasteiger partial charge in [-0.1, -0.05) is 0 Å². The molecule has 1 aromatic carbocycles. The zero-order chi connectivity index (χ0) is 15.4. The molecule has 1 N–H and O–H groups in total. The predicted octanol–water partition coefficient (Wildman–Crippen LogP) is 3.10. The van der Waals surface area contributed by atoms with Crippen molar-refractivity contribution in [2.24, 2.45) is 0 Å². The number of rotatable bonds is 4. The minimum Gasteiger partial charge on any atom is -0.372 e. The second-order valence-electron chi connectivity index (χ2n) is 6.62. The summed E-state index contributed by atoms with van der Waals surface area (Å²) >= 11 is 0. The third-order valence-electron chi connectivity index (χ3n) is 4.96. The highest BCUT2D eigenvalue weighted by molar-refractivity contribution is 5.91. The first-order valence-corrected chi connectivity index (χ1v) is 8.57. The Bertz CT molecular complexity index is 494. The smallest absolute Gasteiger partial charge is 0.225 e. The van der Waals surface area contributed by atoms with Gasteiger partial charge < -0.3 is 15.1 Å². The van der Waals surface area contributed by atoms with E-state index in [1.807, 2.05) is 12.1 Å². The number of likely N-dealkylation sites (tertiary alicyclic amines) is 1. The zero-order valence-electron chi connectivity index (χ0n) is 13.6. The second-order valence-corrected chi connectivity index (χ2v) is 6.62. The standard InChI is InChI=1S/C18H27N3O/c1-20-11-5-6-17(20)14-18(22)19-15-7-9-16(10-8-15)21-12-3-2-4-13-21/h7-10,17H,2-6,11-14H2,1H3,(H,19,22). The van der Waals surface area contributed by atoms with Gasteiger partial charge in [0.1, 0.15) is 0 Å². The molecule has 4 heteroatoms. The molecule has 0 bridgehead atoms. The van der Waals surface area contributed by atoms with E-state index in [-0.39, 0.29) is 5.91 Å². The zero-order valence-corrected chi connectivity index (χ0v) is 13.6. The third kappa shape index (κ3) is 3.80. The highest BCUT2D eigenvalue weighted by Gasteiger charge is 2.23. The van der Waals surface area contributed by atoms with Crippen LogP contribution in [0.3, 0.4) is 0 Å². The number of amides is 1. The number of carbonyl (C=O) groups is 1. The van der Waals surface area contributed by atoms with Crippen LogP contribution in [0.25, 0.3) is 0 Å². The van der Waals surface area contributed by atoms with Gasteiger partial charge >= 0.3 is 0 Å². The third-order valence-corrected chi connectivity index (χ3v) is 4.96. The molecule has 2 aliphatic heterocycles. The van der Waals surface area contributed by atoms with Gasteiger partial charge in [0.05, 0.1) is 0 Å². The second kappa shape index (κ2) is 7.14. The molecule has 1 amide bonds. The summed E-state index contributed by atoms with van der Waals surface area (Å²) in [6.45, 7) is 3.42. The largest absolute Gasteiger partial charge is 0.372 e. The molecule has 1 unspecified atom stereocenters. The van der Waals surface area contributed by atoms with E-state index in [9.17, 15) is 4.79 Å². The molecule has 0 radical (unpaired) electrons. The molecule has 1 atom stereocenters. The van der Waals surface area contributed by atoms with Crippen molar-refractivity contribution in [1.82, 2.24) is 4.90 Å². The van der Waals surface area contributed by atoms with Crippen LogP contribution in [-0.4, -0.2) is 43.5 Å². The Morgan fingerprint density at radius 2 is 1.82 bits per heavy atom. The number of benzene rings is 1. The molecule has 0 spiro atoms. The monoisotopic (exact) mass is 301 g/mol. The minimum atomic E-state index is 0.129. The van der Waals surface area contributed by atoms with Crippen LogP contribution in [0, 0.1) is 0 Å². The minimum absolute atomic E-state index is 0.129. The van der Waals surface area contributed by atoms with E-state index in [2.05, 4.69) is 34.3 Å². The van der Waals surface area contributed by atoms with E-state index in [0.717, 1.165) is 31.7 Å². The van der Waals surface area contributed by atoms with Crippen LogP contribution in [-0.2, 0) is 4.79 Å². The van der Waals surface area contributed by atoms with Crippen LogP contribution in [0.5, 0.6) is 0 Å². The number of piperidine rings is 1. The Morgan fingerprint density at radius 3 is 2.45 bits per heavy atom. The Labute approximate surface area is 133 Å². The number of hydrogen-bond acceptors (Lipinski definition) is 3. The fraction of sp³-hybridized carbons (Fsp3) is 0.611. The normalized spacial score (nSPS) is 22.8. The molecule has 1 aromatic rings. The summed E-state index contributed by atoms with van der Waals surface area (Å²) in [4.78, 5) is 16.9. The lowest BCUT2D eigenvalue weighted by molar-refractivity contribution is -0.117. The molecule has 3 rings (SSSR count). The van der Waals surface area contributed by atoms with E-state index in [4.69, 9.17) is 0 Å². The Morgan fingerprint density at radius 1 is 1.09 bits per heavy atom. The summed E-state index contributed by atoms with van der Waals surface area (Å²) in [5.74, 6) is 0.129. The maximum absolute atomic E-state index is 12.2. The highest BCUT2D eigenvalue weighted by Crippen LogP contribution is 2.22. The van der Waals surface area contributed by atoms with Gasteiger partial charge in [0.2, 0.25) is 5.91 Å². The highest BCUT2D eigenvalue weighted by atomic mass is 16.1. The molecule has 0 aliphatic carbocycles. The molecule has 0 saturated carbocycles. The Balaban J connectivity index is 1.53. The van der Waals surface area contributed by atoms with Crippen molar-refractivity contribution >= 4 is 17.3 Å². The van der Waals surface area contributed by atoms with Crippen molar-refractivity contribution in [3.8, 4) is 0 Å². The summed E-state index contributed by atoms with van der Waals surface area (Å²) in [5.41, 5.74) is 2.18. The molecule has 2 fully saturated rings. The molecule has 22 heavy (non-hydrogen) atoms. The lowest BCUT2D eigenvalue weighted by Crippen LogP contribution is -2.30. The average Bonchev–Trinajstić information content (AvgIpc) is 2.94. The lowest BCUT2D eigenvalue weighted by Gasteiger charge is -2.28. The molecule has 2 aliphatic rings. The van der Waals surface area contributed by atoms with Crippen LogP contribution < -0.4 is 10.2 Å². The SMILES string of the molecule is CN1CCCC1CC(=O)Nc1ccc(N2CCCCC2)cc1. The van der Waals surface area contributed by atoms with Crippen molar-refractivity contribution in [1.29, 1.82) is 0 Å². The molecule has 120 valence electrons. The van der Waals surface area contributed by atoms with Crippen LogP contribution in [0.1, 0.15) is 38.5 Å².